The number of ketones is 1. The molecule has 156 valence electrons. The van der Waals surface area contributed by atoms with Gasteiger partial charge in [0.25, 0.3) is 0 Å². The first-order valence-corrected chi connectivity index (χ1v) is 10.6. The molecule has 6 nitrogen and oxygen atoms in total. The maximum absolute atomic E-state index is 13.1. The lowest BCUT2D eigenvalue weighted by atomic mass is 9.70. The zero-order valence-corrected chi connectivity index (χ0v) is 17.9. The van der Waals surface area contributed by atoms with Gasteiger partial charge in [-0.1, -0.05) is 44.2 Å². The summed E-state index contributed by atoms with van der Waals surface area (Å²) in [6.07, 6.45) is 2.91. The van der Waals surface area contributed by atoms with Gasteiger partial charge < -0.3 is 14.5 Å². The highest BCUT2D eigenvalue weighted by Crippen LogP contribution is 2.48. The molecule has 1 aliphatic carbocycles. The molecule has 4 rings (SSSR count). The molecule has 1 aromatic rings. The number of carbonyl (C=O) groups is 1. The summed E-state index contributed by atoms with van der Waals surface area (Å²) in [7, 11) is 2.19. The molecule has 1 saturated heterocycles. The van der Waals surface area contributed by atoms with Crippen LogP contribution in [0.4, 0.5) is 0 Å². The van der Waals surface area contributed by atoms with Gasteiger partial charge in [-0.15, -0.1) is 0 Å². The fourth-order valence-electron chi connectivity index (χ4n) is 4.47. The average molecular weight is 406 g/mol. The molecular weight excluding hydrogens is 376 g/mol. The molecule has 0 saturated carbocycles. The molecular formula is C24H29N4O2+. The van der Waals surface area contributed by atoms with Gasteiger partial charge in [0.1, 0.15) is 17.4 Å². The predicted octanol–water partition coefficient (Wildman–Crippen LogP) is 2.04. The maximum Gasteiger partial charge on any atom is 0.235 e. The lowest BCUT2D eigenvalue weighted by Gasteiger charge is -2.37. The van der Waals surface area contributed by atoms with Crippen molar-refractivity contribution in [3.63, 3.8) is 0 Å². The standard InChI is InChI=1S/C24H28N4O2/c1-24(2)13-19(29)22-20(14-24)30-23(26-16-28-11-9-27(3)10-12-28)18(15-25)21(22)17-7-5-4-6-8-17/h4-8,16,21H,9-14H2,1-3H3/p+1/t21-/m1/s1. The van der Waals surface area contributed by atoms with Gasteiger partial charge in [0, 0.05) is 18.4 Å². The Hall–Kier alpha value is -2.91. The molecule has 2 heterocycles. The van der Waals surface area contributed by atoms with Crippen LogP contribution in [0.15, 0.2) is 58.1 Å². The Labute approximate surface area is 178 Å². The van der Waals surface area contributed by atoms with E-state index in [2.05, 4.69) is 36.9 Å². The van der Waals surface area contributed by atoms with Gasteiger partial charge in [0.2, 0.25) is 5.88 Å². The number of nitrogens with zero attached hydrogens (tertiary/aromatic N) is 3. The number of quaternary nitrogens is 1. The Morgan fingerprint density at radius 3 is 2.60 bits per heavy atom. The number of Topliss-reactive ketones (excluding diaryl/α,β-unsaturated/α-hetero) is 1. The highest BCUT2D eigenvalue weighted by molar-refractivity contribution is 6.00. The van der Waals surface area contributed by atoms with E-state index in [4.69, 9.17) is 4.74 Å². The van der Waals surface area contributed by atoms with Crippen LogP contribution in [-0.2, 0) is 9.53 Å². The predicted molar refractivity (Wildman–Crippen MR) is 115 cm³/mol. The number of ether oxygens (including phenoxy) is 1. The first-order valence-electron chi connectivity index (χ1n) is 10.6. The van der Waals surface area contributed by atoms with Crippen LogP contribution in [0.25, 0.3) is 0 Å². The van der Waals surface area contributed by atoms with Crippen molar-refractivity contribution < 1.29 is 14.4 Å². The molecule has 6 heteroatoms. The highest BCUT2D eigenvalue weighted by Gasteiger charge is 2.43. The van der Waals surface area contributed by atoms with Crippen LogP contribution < -0.4 is 4.90 Å². The minimum Gasteiger partial charge on any atom is -0.442 e. The molecule has 30 heavy (non-hydrogen) atoms. The quantitative estimate of drug-likeness (QED) is 0.617. The summed E-state index contributed by atoms with van der Waals surface area (Å²) < 4.78 is 6.15. The van der Waals surface area contributed by atoms with E-state index in [1.54, 1.807) is 6.34 Å². The summed E-state index contributed by atoms with van der Waals surface area (Å²) in [6.45, 7) is 8.12. The van der Waals surface area contributed by atoms with Crippen molar-refractivity contribution in [1.82, 2.24) is 4.90 Å². The molecule has 0 radical (unpaired) electrons. The van der Waals surface area contributed by atoms with Gasteiger partial charge in [0.05, 0.1) is 45.5 Å². The van der Waals surface area contributed by atoms with Crippen LogP contribution in [0.2, 0.25) is 0 Å². The second-order valence-corrected chi connectivity index (χ2v) is 9.29. The summed E-state index contributed by atoms with van der Waals surface area (Å²) in [5.41, 5.74) is 1.79. The minimum absolute atomic E-state index is 0.0629. The van der Waals surface area contributed by atoms with E-state index in [0.717, 1.165) is 31.7 Å². The SMILES string of the molecule is C[NH+]1CCN(C=NC2=C(C#N)[C@@H](c3ccccc3)C3=C(CC(C)(C)CC3=O)O2)CC1. The molecule has 1 fully saturated rings. The van der Waals surface area contributed by atoms with Crippen LogP contribution in [-0.4, -0.2) is 50.2 Å². The number of hydrogen-bond acceptors (Lipinski definition) is 4. The highest BCUT2D eigenvalue weighted by atomic mass is 16.5. The number of likely N-dealkylation sites (N-methyl/N-ethyl adjacent to an activating group) is 1. The third-order valence-electron chi connectivity index (χ3n) is 6.15. The molecule has 0 spiro atoms. The first-order chi connectivity index (χ1) is 14.4. The van der Waals surface area contributed by atoms with E-state index in [1.165, 1.54) is 4.90 Å². The number of carbonyl (C=O) groups excluding carboxylic acids is 1. The van der Waals surface area contributed by atoms with E-state index in [-0.39, 0.29) is 11.2 Å². The van der Waals surface area contributed by atoms with E-state index in [9.17, 15) is 10.1 Å². The molecule has 0 bridgehead atoms. The van der Waals surface area contributed by atoms with Gasteiger partial charge in [-0.2, -0.15) is 5.26 Å². The van der Waals surface area contributed by atoms with E-state index >= 15 is 0 Å². The summed E-state index contributed by atoms with van der Waals surface area (Å²) in [6, 6.07) is 12.1. The van der Waals surface area contributed by atoms with E-state index in [0.29, 0.717) is 35.6 Å². The molecule has 2 aliphatic heterocycles. The number of rotatable bonds is 3. The largest absolute Gasteiger partial charge is 0.442 e. The van der Waals surface area contributed by atoms with Gasteiger partial charge in [-0.05, 0) is 11.0 Å². The molecule has 0 unspecified atom stereocenters. The van der Waals surface area contributed by atoms with Crippen LogP contribution in [0.1, 0.15) is 38.2 Å². The third-order valence-corrected chi connectivity index (χ3v) is 6.15. The number of hydrogen-bond donors (Lipinski definition) is 1. The Morgan fingerprint density at radius 1 is 1.23 bits per heavy atom. The molecule has 0 amide bonds. The number of aliphatic imine (C=N–C) groups is 1. The lowest BCUT2D eigenvalue weighted by molar-refractivity contribution is -0.883. The molecule has 1 N–H and O–H groups in total. The van der Waals surface area contributed by atoms with Crippen molar-refractivity contribution in [2.45, 2.75) is 32.6 Å². The Balaban J connectivity index is 1.74. The van der Waals surface area contributed by atoms with Crippen molar-refractivity contribution in [1.29, 1.82) is 5.26 Å². The van der Waals surface area contributed by atoms with E-state index < -0.39 is 5.92 Å². The third kappa shape index (κ3) is 4.03. The van der Waals surface area contributed by atoms with Crippen LogP contribution in [0.5, 0.6) is 0 Å². The number of nitrogens with one attached hydrogen (secondary N) is 1. The smallest absolute Gasteiger partial charge is 0.235 e. The van der Waals surface area contributed by atoms with Gasteiger partial charge >= 0.3 is 0 Å². The Bertz CT molecular complexity index is 961. The second-order valence-electron chi connectivity index (χ2n) is 9.29. The number of allylic oxidation sites excluding steroid dienone is 3. The molecule has 1 aromatic carbocycles. The van der Waals surface area contributed by atoms with Gasteiger partial charge in [0.15, 0.2) is 5.78 Å². The fraction of sp³-hybridized carbons (Fsp3) is 0.458. The summed E-state index contributed by atoms with van der Waals surface area (Å²) >= 11 is 0. The number of nitriles is 1. The van der Waals surface area contributed by atoms with Crippen LogP contribution >= 0.6 is 0 Å². The van der Waals surface area contributed by atoms with Crippen molar-refractivity contribution in [2.24, 2.45) is 10.4 Å². The first kappa shape index (κ1) is 20.4. The van der Waals surface area contributed by atoms with Crippen molar-refractivity contribution in [3.05, 3.63) is 58.7 Å². The van der Waals surface area contributed by atoms with Gasteiger partial charge in [-0.25, -0.2) is 4.99 Å². The second kappa shape index (κ2) is 8.08. The van der Waals surface area contributed by atoms with E-state index in [1.807, 2.05) is 30.3 Å². The normalized spacial score (nSPS) is 24.7. The molecule has 0 aromatic heterocycles. The van der Waals surface area contributed by atoms with Crippen LogP contribution in [0.3, 0.4) is 0 Å². The summed E-state index contributed by atoms with van der Waals surface area (Å²) in [4.78, 5) is 21.4. The monoisotopic (exact) mass is 405 g/mol. The lowest BCUT2D eigenvalue weighted by Crippen LogP contribution is -3.11. The fourth-order valence-corrected chi connectivity index (χ4v) is 4.47. The number of benzene rings is 1. The summed E-state index contributed by atoms with van der Waals surface area (Å²) in [5.74, 6) is 0.626. The molecule has 1 atom stereocenters. The van der Waals surface area contributed by atoms with Crippen molar-refractivity contribution in [3.8, 4) is 6.07 Å². The Kier molecular flexibility index (Phi) is 5.48. The molecule has 3 aliphatic rings. The Morgan fingerprint density at radius 2 is 1.93 bits per heavy atom. The van der Waals surface area contributed by atoms with Crippen LogP contribution in [0, 0.1) is 16.7 Å². The van der Waals surface area contributed by atoms with Gasteiger partial charge in [-0.3, -0.25) is 4.79 Å². The minimum atomic E-state index is -0.423. The zero-order chi connectivity index (χ0) is 21.3. The maximum atomic E-state index is 13.1. The van der Waals surface area contributed by atoms with Crippen molar-refractivity contribution >= 4 is 12.1 Å². The van der Waals surface area contributed by atoms with Crippen molar-refractivity contribution in [2.75, 3.05) is 33.2 Å². The topological polar surface area (TPSA) is 70.1 Å². The average Bonchev–Trinajstić information content (AvgIpc) is 2.72. The zero-order valence-electron chi connectivity index (χ0n) is 17.9. The summed E-state index contributed by atoms with van der Waals surface area (Å²) in [5, 5.41) is 10.0. The number of piperazine rings is 1.